The number of halogens is 4. The Morgan fingerprint density at radius 1 is 1.10 bits per heavy atom. The summed E-state index contributed by atoms with van der Waals surface area (Å²) in [5, 5.41) is 15.5. The Balaban J connectivity index is 2.00. The molecule has 0 aliphatic rings. The second kappa shape index (κ2) is 9.47. The van der Waals surface area contributed by atoms with Crippen molar-refractivity contribution in [1.82, 2.24) is 9.97 Å². The zero-order valence-electron chi connectivity index (χ0n) is 15.7. The third kappa shape index (κ3) is 6.20. The van der Waals surface area contributed by atoms with E-state index in [4.69, 9.17) is 0 Å². The zero-order valence-corrected chi connectivity index (χ0v) is 17.9. The number of aliphatic hydroxyl groups is 1. The Kier molecular flexibility index (Phi) is 6.98. The number of anilines is 3. The normalized spacial score (nSPS) is 12.3. The molecular weight excluding hydrogens is 512 g/mol. The molecule has 0 unspecified atom stereocenters. The lowest BCUT2D eigenvalue weighted by Gasteiger charge is -2.15. The fraction of sp³-hybridized carbons (Fsp3) is 0.200. The second-order valence-electron chi connectivity index (χ2n) is 6.37. The Morgan fingerprint density at radius 3 is 2.57 bits per heavy atom. The molecule has 158 valence electrons. The number of hydrogen-bond acceptors (Lipinski definition) is 6. The molecule has 0 spiro atoms. The van der Waals surface area contributed by atoms with E-state index in [-0.39, 0.29) is 24.3 Å². The van der Waals surface area contributed by atoms with Crippen molar-refractivity contribution < 1.29 is 23.0 Å². The molecule has 0 saturated heterocycles. The van der Waals surface area contributed by atoms with E-state index in [0.29, 0.717) is 17.1 Å². The largest absolute Gasteiger partial charge is 0.573 e. The quantitative estimate of drug-likeness (QED) is 0.366. The Labute approximate surface area is 184 Å². The van der Waals surface area contributed by atoms with Crippen molar-refractivity contribution in [2.75, 3.05) is 17.2 Å². The number of rotatable bonds is 7. The van der Waals surface area contributed by atoms with Gasteiger partial charge in [0.2, 0.25) is 5.95 Å². The van der Waals surface area contributed by atoms with Crippen LogP contribution in [-0.2, 0) is 0 Å². The van der Waals surface area contributed by atoms with Crippen LogP contribution in [0.25, 0.3) is 11.3 Å². The summed E-state index contributed by atoms with van der Waals surface area (Å²) in [6.07, 6.45) is -4.79. The van der Waals surface area contributed by atoms with Crippen LogP contribution >= 0.6 is 22.6 Å². The van der Waals surface area contributed by atoms with Crippen LogP contribution in [0.3, 0.4) is 0 Å². The molecule has 0 bridgehead atoms. The van der Waals surface area contributed by atoms with Crippen molar-refractivity contribution in [3.8, 4) is 17.0 Å². The van der Waals surface area contributed by atoms with Crippen molar-refractivity contribution in [2.45, 2.75) is 19.3 Å². The third-order valence-electron chi connectivity index (χ3n) is 3.88. The van der Waals surface area contributed by atoms with Crippen LogP contribution in [0, 0.1) is 3.57 Å². The standard InChI is InChI=1S/C20H18F3IN4O2/c1-12(11-29)25-19-27-17(13-5-4-6-14(9-13)30-20(21,22)23)10-18(28-19)26-16-8-3-2-7-15(16)24/h2-10,12,29H,11H2,1H3,(H2,25,26,27,28)/t12-/m0/s1. The molecule has 1 aromatic heterocycles. The SMILES string of the molecule is C[C@@H](CO)Nc1nc(Nc2ccccc2I)cc(-c2cccc(OC(F)(F)F)c2)n1. The van der Waals surface area contributed by atoms with Gasteiger partial charge < -0.3 is 20.5 Å². The van der Waals surface area contributed by atoms with Crippen LogP contribution in [0.5, 0.6) is 5.75 Å². The number of aliphatic hydroxyl groups excluding tert-OH is 1. The van der Waals surface area contributed by atoms with Crippen LogP contribution < -0.4 is 15.4 Å². The summed E-state index contributed by atoms with van der Waals surface area (Å²) in [6.45, 7) is 1.61. The number of ether oxygens (including phenoxy) is 1. The lowest BCUT2D eigenvalue weighted by atomic mass is 10.1. The molecule has 0 fully saturated rings. The van der Waals surface area contributed by atoms with Gasteiger partial charge in [0.25, 0.3) is 0 Å². The summed E-state index contributed by atoms with van der Waals surface area (Å²) in [7, 11) is 0. The molecule has 0 amide bonds. The average molecular weight is 530 g/mol. The Morgan fingerprint density at radius 2 is 1.87 bits per heavy atom. The molecule has 10 heteroatoms. The van der Waals surface area contributed by atoms with Crippen molar-refractivity contribution in [1.29, 1.82) is 0 Å². The molecule has 0 aliphatic carbocycles. The molecule has 0 aliphatic heterocycles. The first-order valence-corrected chi connectivity index (χ1v) is 9.95. The van der Waals surface area contributed by atoms with Crippen LogP contribution in [0.4, 0.5) is 30.6 Å². The predicted molar refractivity (Wildman–Crippen MR) is 117 cm³/mol. The molecule has 30 heavy (non-hydrogen) atoms. The highest BCUT2D eigenvalue weighted by Gasteiger charge is 2.31. The molecule has 1 atom stereocenters. The molecule has 3 rings (SSSR count). The van der Waals surface area contributed by atoms with E-state index >= 15 is 0 Å². The van der Waals surface area contributed by atoms with Crippen LogP contribution in [0.15, 0.2) is 54.6 Å². The van der Waals surface area contributed by atoms with Gasteiger partial charge >= 0.3 is 6.36 Å². The fourth-order valence-electron chi connectivity index (χ4n) is 2.54. The van der Waals surface area contributed by atoms with Crippen LogP contribution in [0.1, 0.15) is 6.92 Å². The van der Waals surface area contributed by atoms with Gasteiger partial charge in [-0.1, -0.05) is 24.3 Å². The van der Waals surface area contributed by atoms with E-state index in [1.807, 2.05) is 24.3 Å². The molecule has 0 radical (unpaired) electrons. The van der Waals surface area contributed by atoms with E-state index in [1.54, 1.807) is 19.1 Å². The highest BCUT2D eigenvalue weighted by Crippen LogP contribution is 2.30. The number of hydrogen-bond donors (Lipinski definition) is 3. The van der Waals surface area contributed by atoms with E-state index in [2.05, 4.69) is 47.9 Å². The van der Waals surface area contributed by atoms with Gasteiger partial charge in [0.15, 0.2) is 0 Å². The van der Waals surface area contributed by atoms with E-state index in [1.165, 1.54) is 18.2 Å². The molecule has 6 nitrogen and oxygen atoms in total. The van der Waals surface area contributed by atoms with E-state index < -0.39 is 6.36 Å². The smallest absolute Gasteiger partial charge is 0.406 e. The molecule has 0 saturated carbocycles. The number of nitrogens with one attached hydrogen (secondary N) is 2. The summed E-state index contributed by atoms with van der Waals surface area (Å²) in [4.78, 5) is 8.79. The van der Waals surface area contributed by atoms with Gasteiger partial charge in [-0.3, -0.25) is 0 Å². The van der Waals surface area contributed by atoms with Crippen molar-refractivity contribution in [3.63, 3.8) is 0 Å². The van der Waals surface area contributed by atoms with Crippen molar-refractivity contribution in [2.24, 2.45) is 0 Å². The van der Waals surface area contributed by atoms with E-state index in [9.17, 15) is 18.3 Å². The summed E-state index contributed by atoms with van der Waals surface area (Å²) in [5.74, 6) is 0.326. The monoisotopic (exact) mass is 530 g/mol. The predicted octanol–water partition coefficient (Wildman–Crippen LogP) is 5.18. The molecule has 3 aromatic rings. The third-order valence-corrected chi connectivity index (χ3v) is 4.82. The molecular formula is C20H18F3IN4O2. The summed E-state index contributed by atoms with van der Waals surface area (Å²) in [6, 6.07) is 14.5. The highest BCUT2D eigenvalue weighted by atomic mass is 127. The maximum absolute atomic E-state index is 12.6. The summed E-state index contributed by atoms with van der Waals surface area (Å²) in [5.41, 5.74) is 1.63. The highest BCUT2D eigenvalue weighted by molar-refractivity contribution is 14.1. The minimum atomic E-state index is -4.79. The van der Waals surface area contributed by atoms with E-state index in [0.717, 1.165) is 9.26 Å². The van der Waals surface area contributed by atoms with Gasteiger partial charge in [-0.15, -0.1) is 13.2 Å². The number of nitrogens with zero attached hydrogens (tertiary/aromatic N) is 2. The van der Waals surface area contributed by atoms with Gasteiger partial charge in [0, 0.05) is 21.2 Å². The minimum Gasteiger partial charge on any atom is -0.406 e. The van der Waals surface area contributed by atoms with Gasteiger partial charge in [-0.2, -0.15) is 4.98 Å². The fourth-order valence-corrected chi connectivity index (χ4v) is 3.07. The Bertz CT molecular complexity index is 1020. The lowest BCUT2D eigenvalue weighted by molar-refractivity contribution is -0.274. The van der Waals surface area contributed by atoms with Crippen molar-refractivity contribution in [3.05, 3.63) is 58.2 Å². The summed E-state index contributed by atoms with van der Waals surface area (Å²) < 4.78 is 42.7. The number of aromatic nitrogens is 2. The Hall–Kier alpha value is -2.60. The first-order chi connectivity index (χ1) is 14.2. The number of alkyl halides is 3. The van der Waals surface area contributed by atoms with Gasteiger partial charge in [-0.25, -0.2) is 4.98 Å². The second-order valence-corrected chi connectivity index (χ2v) is 7.53. The van der Waals surface area contributed by atoms with Gasteiger partial charge in [0.1, 0.15) is 11.6 Å². The summed E-state index contributed by atoms with van der Waals surface area (Å²) >= 11 is 2.18. The zero-order chi connectivity index (χ0) is 21.7. The maximum Gasteiger partial charge on any atom is 0.573 e. The molecule has 2 aromatic carbocycles. The average Bonchev–Trinajstić information content (AvgIpc) is 2.68. The maximum atomic E-state index is 12.6. The van der Waals surface area contributed by atoms with Crippen LogP contribution in [0.2, 0.25) is 0 Å². The lowest BCUT2D eigenvalue weighted by Crippen LogP contribution is -2.21. The minimum absolute atomic E-state index is 0.137. The number of benzene rings is 2. The first kappa shape index (κ1) is 22.1. The molecule has 1 heterocycles. The van der Waals surface area contributed by atoms with Crippen LogP contribution in [-0.4, -0.2) is 34.1 Å². The first-order valence-electron chi connectivity index (χ1n) is 8.88. The van der Waals surface area contributed by atoms with Crippen molar-refractivity contribution >= 4 is 40.0 Å². The van der Waals surface area contributed by atoms with Gasteiger partial charge in [0.05, 0.1) is 18.0 Å². The molecule has 3 N–H and O–H groups in total. The topological polar surface area (TPSA) is 79.3 Å². The number of para-hydroxylation sites is 1. The van der Waals surface area contributed by atoms with Gasteiger partial charge in [-0.05, 0) is 53.8 Å².